The predicted molar refractivity (Wildman–Crippen MR) is 78.3 cm³/mol. The lowest BCUT2D eigenvalue weighted by atomic mass is 9.86. The van der Waals surface area contributed by atoms with Crippen molar-refractivity contribution in [1.29, 1.82) is 0 Å². The highest BCUT2D eigenvalue weighted by Gasteiger charge is 2.28. The van der Waals surface area contributed by atoms with Crippen LogP contribution in [-0.2, 0) is 10.0 Å². The van der Waals surface area contributed by atoms with Gasteiger partial charge in [0.2, 0.25) is 10.0 Å². The topological polar surface area (TPSA) is 74.7 Å². The van der Waals surface area contributed by atoms with Crippen molar-refractivity contribution in [3.8, 4) is 0 Å². The van der Waals surface area contributed by atoms with Gasteiger partial charge in [0, 0.05) is 18.1 Å². The molecule has 0 atom stereocenters. The third kappa shape index (κ3) is 3.05. The first kappa shape index (κ1) is 15.5. The second kappa shape index (κ2) is 5.83. The zero-order chi connectivity index (χ0) is 14.9. The molecule has 1 fully saturated rings. The molecule has 0 bridgehead atoms. The second-order valence-corrected chi connectivity index (χ2v) is 7.90. The Labute approximate surface area is 126 Å². The van der Waals surface area contributed by atoms with Crippen molar-refractivity contribution in [2.45, 2.75) is 24.2 Å². The van der Waals surface area contributed by atoms with E-state index in [4.69, 9.17) is 5.11 Å². The van der Waals surface area contributed by atoms with E-state index in [2.05, 4.69) is 15.9 Å². The molecule has 5 nitrogen and oxygen atoms in total. The zero-order valence-corrected chi connectivity index (χ0v) is 13.4. The van der Waals surface area contributed by atoms with Gasteiger partial charge in [-0.15, -0.1) is 0 Å². The standard InChI is InChI=1S/C13H16BrNO4S/c1-15(8-9-3-2-4-9)20(18,19)12-6-5-10(13(16)17)7-11(12)14/h5-7,9H,2-4,8H2,1H3,(H,16,17). The molecule has 0 aliphatic heterocycles. The highest BCUT2D eigenvalue weighted by atomic mass is 79.9. The van der Waals surface area contributed by atoms with Crippen LogP contribution in [0.1, 0.15) is 29.6 Å². The number of nitrogens with zero attached hydrogens (tertiary/aromatic N) is 1. The fourth-order valence-electron chi connectivity index (χ4n) is 2.15. The van der Waals surface area contributed by atoms with Gasteiger partial charge in [0.15, 0.2) is 0 Å². The summed E-state index contributed by atoms with van der Waals surface area (Å²) in [5.41, 5.74) is 0.0532. The number of hydrogen-bond acceptors (Lipinski definition) is 3. The maximum Gasteiger partial charge on any atom is 0.335 e. The Balaban J connectivity index is 2.26. The number of halogens is 1. The molecule has 1 N–H and O–H groups in total. The average molecular weight is 362 g/mol. The highest BCUT2D eigenvalue weighted by Crippen LogP contribution is 2.30. The molecular weight excluding hydrogens is 346 g/mol. The lowest BCUT2D eigenvalue weighted by molar-refractivity contribution is 0.0696. The summed E-state index contributed by atoms with van der Waals surface area (Å²) in [5, 5.41) is 8.89. The van der Waals surface area contributed by atoms with Gasteiger partial charge in [0.05, 0.1) is 10.5 Å². The van der Waals surface area contributed by atoms with Crippen LogP contribution in [-0.4, -0.2) is 37.4 Å². The number of aromatic carboxylic acids is 1. The summed E-state index contributed by atoms with van der Waals surface area (Å²) in [6.07, 6.45) is 3.30. The summed E-state index contributed by atoms with van der Waals surface area (Å²) in [6.45, 7) is 0.509. The van der Waals surface area contributed by atoms with E-state index < -0.39 is 16.0 Å². The number of sulfonamides is 1. The minimum atomic E-state index is -3.59. The maximum absolute atomic E-state index is 12.5. The third-order valence-corrected chi connectivity index (χ3v) is 6.41. The van der Waals surface area contributed by atoms with Crippen LogP contribution >= 0.6 is 15.9 Å². The van der Waals surface area contributed by atoms with Gasteiger partial charge >= 0.3 is 5.97 Å². The van der Waals surface area contributed by atoms with Crippen molar-refractivity contribution in [3.63, 3.8) is 0 Å². The van der Waals surface area contributed by atoms with Crippen molar-refractivity contribution < 1.29 is 18.3 Å². The zero-order valence-electron chi connectivity index (χ0n) is 11.0. The molecule has 2 rings (SSSR count). The quantitative estimate of drug-likeness (QED) is 0.874. The van der Waals surface area contributed by atoms with E-state index in [0.29, 0.717) is 12.5 Å². The largest absolute Gasteiger partial charge is 0.478 e. The van der Waals surface area contributed by atoms with Gasteiger partial charge in [0.25, 0.3) is 0 Å². The van der Waals surface area contributed by atoms with E-state index in [1.165, 1.54) is 22.5 Å². The smallest absolute Gasteiger partial charge is 0.335 e. The molecule has 0 saturated heterocycles. The summed E-state index contributed by atoms with van der Waals surface area (Å²) < 4.78 is 26.5. The minimum Gasteiger partial charge on any atom is -0.478 e. The van der Waals surface area contributed by atoms with E-state index in [0.717, 1.165) is 19.3 Å². The van der Waals surface area contributed by atoms with E-state index >= 15 is 0 Å². The molecule has 110 valence electrons. The van der Waals surface area contributed by atoms with Gasteiger partial charge in [0.1, 0.15) is 0 Å². The van der Waals surface area contributed by atoms with Crippen molar-refractivity contribution in [1.82, 2.24) is 4.31 Å². The van der Waals surface area contributed by atoms with Gasteiger partial charge < -0.3 is 5.11 Å². The number of rotatable bonds is 5. The molecule has 1 aromatic carbocycles. The molecule has 0 heterocycles. The van der Waals surface area contributed by atoms with Crippen molar-refractivity contribution in [2.24, 2.45) is 5.92 Å². The van der Waals surface area contributed by atoms with Crippen LogP contribution in [0.5, 0.6) is 0 Å². The minimum absolute atomic E-state index is 0.0532. The molecule has 1 aliphatic carbocycles. The van der Waals surface area contributed by atoms with Crippen LogP contribution in [0, 0.1) is 5.92 Å². The van der Waals surface area contributed by atoms with Crippen molar-refractivity contribution in [3.05, 3.63) is 28.2 Å². The summed E-state index contributed by atoms with van der Waals surface area (Å²) in [4.78, 5) is 11.0. The Hall–Kier alpha value is -0.920. The van der Waals surface area contributed by atoms with E-state index in [-0.39, 0.29) is 14.9 Å². The number of carboxylic acids is 1. The molecule has 0 radical (unpaired) electrons. The lowest BCUT2D eigenvalue weighted by Crippen LogP contribution is -2.34. The maximum atomic E-state index is 12.5. The predicted octanol–water partition coefficient (Wildman–Crippen LogP) is 2.57. The Bertz CT molecular complexity index is 625. The highest BCUT2D eigenvalue weighted by molar-refractivity contribution is 9.10. The van der Waals surface area contributed by atoms with Crippen LogP contribution in [0.4, 0.5) is 0 Å². The van der Waals surface area contributed by atoms with Gasteiger partial charge in [-0.25, -0.2) is 17.5 Å². The van der Waals surface area contributed by atoms with Gasteiger partial charge in [-0.1, -0.05) is 6.42 Å². The summed E-state index contributed by atoms with van der Waals surface area (Å²) >= 11 is 3.15. The third-order valence-electron chi connectivity index (χ3n) is 3.61. The fourth-order valence-corrected chi connectivity index (χ4v) is 4.43. The van der Waals surface area contributed by atoms with Gasteiger partial charge in [-0.2, -0.15) is 0 Å². The monoisotopic (exact) mass is 361 g/mol. The second-order valence-electron chi connectivity index (χ2n) is 5.03. The number of hydrogen-bond donors (Lipinski definition) is 1. The SMILES string of the molecule is CN(CC1CCC1)S(=O)(=O)c1ccc(C(=O)O)cc1Br. The number of benzene rings is 1. The molecule has 20 heavy (non-hydrogen) atoms. The molecule has 1 saturated carbocycles. The first-order valence-electron chi connectivity index (χ1n) is 6.31. The Morgan fingerprint density at radius 1 is 1.45 bits per heavy atom. The molecule has 1 aliphatic rings. The molecular formula is C13H16BrNO4S. The fraction of sp³-hybridized carbons (Fsp3) is 0.462. The summed E-state index contributed by atoms with van der Waals surface area (Å²) in [7, 11) is -2.03. The van der Waals surface area contributed by atoms with Crippen LogP contribution < -0.4 is 0 Å². The number of carboxylic acid groups (broad SMARTS) is 1. The number of carbonyl (C=O) groups is 1. The molecule has 7 heteroatoms. The van der Waals surface area contributed by atoms with Crippen molar-refractivity contribution in [2.75, 3.05) is 13.6 Å². The first-order valence-corrected chi connectivity index (χ1v) is 8.55. The summed E-state index contributed by atoms with van der Waals surface area (Å²) in [5.74, 6) is -0.649. The molecule has 1 aromatic rings. The van der Waals surface area contributed by atoms with Crippen LogP contribution in [0.3, 0.4) is 0 Å². The lowest BCUT2D eigenvalue weighted by Gasteiger charge is -2.29. The van der Waals surface area contributed by atoms with Gasteiger partial charge in [-0.05, 0) is 52.9 Å². The Kier molecular flexibility index (Phi) is 4.51. The van der Waals surface area contributed by atoms with Crippen LogP contribution in [0.2, 0.25) is 0 Å². The molecule has 0 amide bonds. The average Bonchev–Trinajstić information content (AvgIpc) is 2.32. The van der Waals surface area contributed by atoms with Crippen LogP contribution in [0.25, 0.3) is 0 Å². The summed E-state index contributed by atoms with van der Waals surface area (Å²) in [6, 6.07) is 3.95. The van der Waals surface area contributed by atoms with E-state index in [9.17, 15) is 13.2 Å². The molecule has 0 aromatic heterocycles. The molecule has 0 spiro atoms. The normalized spacial score (nSPS) is 16.1. The van der Waals surface area contributed by atoms with Crippen molar-refractivity contribution >= 4 is 31.9 Å². The Morgan fingerprint density at radius 3 is 2.55 bits per heavy atom. The first-order chi connectivity index (χ1) is 9.32. The molecule has 0 unspecified atom stereocenters. The van der Waals surface area contributed by atoms with Gasteiger partial charge in [-0.3, -0.25) is 0 Å². The van der Waals surface area contributed by atoms with Crippen LogP contribution in [0.15, 0.2) is 27.6 Å². The van der Waals surface area contributed by atoms with E-state index in [1.54, 1.807) is 7.05 Å². The van der Waals surface area contributed by atoms with E-state index in [1.807, 2.05) is 0 Å². The Morgan fingerprint density at radius 2 is 2.10 bits per heavy atom.